The fraction of sp³-hybridized carbons (Fsp3) is 0.176. The Bertz CT molecular complexity index is 689. The quantitative estimate of drug-likeness (QED) is 0.551. The van der Waals surface area contributed by atoms with Crippen LogP contribution in [0.4, 0.5) is 4.39 Å². The van der Waals surface area contributed by atoms with Gasteiger partial charge in [-0.1, -0.05) is 18.2 Å². The highest BCUT2D eigenvalue weighted by Crippen LogP contribution is 2.07. The summed E-state index contributed by atoms with van der Waals surface area (Å²) in [6.45, 7) is 0.690. The maximum atomic E-state index is 12.8. The Labute approximate surface area is 147 Å². The summed E-state index contributed by atoms with van der Waals surface area (Å²) in [5.41, 5.74) is 1.33. The van der Waals surface area contributed by atoms with E-state index in [9.17, 15) is 14.0 Å². The van der Waals surface area contributed by atoms with Crippen LogP contribution in [0.5, 0.6) is 0 Å². The third-order valence-corrected chi connectivity index (χ3v) is 3.77. The van der Waals surface area contributed by atoms with Crippen LogP contribution in [0, 0.1) is 9.39 Å². The van der Waals surface area contributed by atoms with Gasteiger partial charge in [0.2, 0.25) is 5.91 Å². The molecule has 0 aromatic heterocycles. The van der Waals surface area contributed by atoms with E-state index >= 15 is 0 Å². The molecule has 2 N–H and O–H groups in total. The van der Waals surface area contributed by atoms with Gasteiger partial charge >= 0.3 is 0 Å². The predicted molar refractivity (Wildman–Crippen MR) is 94.6 cm³/mol. The molecule has 0 fully saturated rings. The molecular weight excluding hydrogens is 410 g/mol. The lowest BCUT2D eigenvalue weighted by atomic mass is 10.1. The van der Waals surface area contributed by atoms with Crippen LogP contribution in [0.2, 0.25) is 0 Å². The lowest BCUT2D eigenvalue weighted by molar-refractivity contribution is -0.120. The third-order valence-electron chi connectivity index (χ3n) is 3.10. The minimum atomic E-state index is -0.326. The van der Waals surface area contributed by atoms with Gasteiger partial charge in [-0.25, -0.2) is 4.39 Å². The van der Waals surface area contributed by atoms with Crippen molar-refractivity contribution in [1.82, 2.24) is 10.6 Å². The number of hydrogen-bond donors (Lipinski definition) is 2. The van der Waals surface area contributed by atoms with Gasteiger partial charge in [0, 0.05) is 22.2 Å². The van der Waals surface area contributed by atoms with Gasteiger partial charge in [-0.2, -0.15) is 0 Å². The number of amides is 2. The van der Waals surface area contributed by atoms with Crippen molar-refractivity contribution < 1.29 is 14.0 Å². The fourth-order valence-corrected chi connectivity index (χ4v) is 2.50. The molecule has 0 atom stereocenters. The number of hydrogen-bond acceptors (Lipinski definition) is 2. The Morgan fingerprint density at radius 1 is 1.00 bits per heavy atom. The summed E-state index contributed by atoms with van der Waals surface area (Å²) in [5.74, 6) is -0.663. The molecule has 0 heterocycles. The molecular formula is C17H16FIN2O2. The molecule has 120 valence electrons. The topological polar surface area (TPSA) is 58.2 Å². The average Bonchev–Trinajstić information content (AvgIpc) is 2.53. The van der Waals surface area contributed by atoms with Crippen molar-refractivity contribution in [3.63, 3.8) is 0 Å². The molecule has 0 aliphatic carbocycles. The van der Waals surface area contributed by atoms with E-state index < -0.39 is 0 Å². The zero-order valence-electron chi connectivity index (χ0n) is 12.3. The number of rotatable bonds is 6. The molecule has 0 bridgehead atoms. The van der Waals surface area contributed by atoms with Gasteiger partial charge in [-0.05, 0) is 58.5 Å². The van der Waals surface area contributed by atoms with Crippen molar-refractivity contribution >= 4 is 34.4 Å². The third kappa shape index (κ3) is 5.97. The summed E-state index contributed by atoms with van der Waals surface area (Å²) < 4.78 is 13.8. The Hall–Kier alpha value is -1.96. The summed E-state index contributed by atoms with van der Waals surface area (Å²) in [6.07, 6.45) is 0.186. The zero-order chi connectivity index (χ0) is 16.7. The van der Waals surface area contributed by atoms with E-state index in [0.717, 1.165) is 9.13 Å². The van der Waals surface area contributed by atoms with Crippen LogP contribution in [0.15, 0.2) is 48.5 Å². The van der Waals surface area contributed by atoms with Gasteiger partial charge in [0.15, 0.2) is 0 Å². The molecule has 0 saturated carbocycles. The van der Waals surface area contributed by atoms with E-state index in [2.05, 4.69) is 33.2 Å². The van der Waals surface area contributed by atoms with Crippen LogP contribution in [-0.4, -0.2) is 24.9 Å². The number of benzene rings is 2. The van der Waals surface area contributed by atoms with Crippen molar-refractivity contribution in [2.45, 2.75) is 6.42 Å². The van der Waals surface area contributed by atoms with E-state index in [0.29, 0.717) is 18.7 Å². The van der Waals surface area contributed by atoms with E-state index in [1.165, 1.54) is 12.1 Å². The van der Waals surface area contributed by atoms with Crippen LogP contribution >= 0.6 is 22.6 Å². The van der Waals surface area contributed by atoms with Crippen molar-refractivity contribution in [3.05, 3.63) is 69.0 Å². The highest BCUT2D eigenvalue weighted by atomic mass is 127. The molecule has 2 amide bonds. The minimum Gasteiger partial charge on any atom is -0.354 e. The van der Waals surface area contributed by atoms with Gasteiger partial charge in [0.25, 0.3) is 5.91 Å². The van der Waals surface area contributed by atoms with Gasteiger partial charge in [0.05, 0.1) is 6.42 Å². The predicted octanol–water partition coefficient (Wildman–Crippen LogP) is 2.52. The first-order valence-corrected chi connectivity index (χ1v) is 8.17. The van der Waals surface area contributed by atoms with E-state index in [1.54, 1.807) is 24.3 Å². The highest BCUT2D eigenvalue weighted by Gasteiger charge is 2.06. The molecule has 23 heavy (non-hydrogen) atoms. The second kappa shape index (κ2) is 8.61. The largest absolute Gasteiger partial charge is 0.354 e. The molecule has 4 nitrogen and oxygen atoms in total. The first kappa shape index (κ1) is 17.4. The summed E-state index contributed by atoms with van der Waals surface area (Å²) in [4.78, 5) is 23.6. The lowest BCUT2D eigenvalue weighted by Crippen LogP contribution is -2.35. The van der Waals surface area contributed by atoms with Crippen molar-refractivity contribution in [2.24, 2.45) is 0 Å². The smallest absolute Gasteiger partial charge is 0.251 e. The second-order valence-electron chi connectivity index (χ2n) is 4.92. The van der Waals surface area contributed by atoms with Gasteiger partial charge in [-0.3, -0.25) is 9.59 Å². The summed E-state index contributed by atoms with van der Waals surface area (Å²) in [5, 5.41) is 5.46. The number of carbonyl (C=O) groups is 2. The maximum Gasteiger partial charge on any atom is 0.251 e. The molecule has 2 aromatic rings. The van der Waals surface area contributed by atoms with Crippen LogP contribution in [0.3, 0.4) is 0 Å². The maximum absolute atomic E-state index is 12.8. The Balaban J connectivity index is 1.69. The fourth-order valence-electron chi connectivity index (χ4n) is 1.96. The number of carbonyl (C=O) groups excluding carboxylic acids is 2. The monoisotopic (exact) mass is 426 g/mol. The molecule has 0 aliphatic rings. The van der Waals surface area contributed by atoms with Crippen molar-refractivity contribution in [3.8, 4) is 0 Å². The molecule has 0 aliphatic heterocycles. The van der Waals surface area contributed by atoms with Crippen LogP contribution in [0.1, 0.15) is 15.9 Å². The first-order valence-electron chi connectivity index (χ1n) is 7.09. The van der Waals surface area contributed by atoms with Crippen molar-refractivity contribution in [1.29, 1.82) is 0 Å². The van der Waals surface area contributed by atoms with Gasteiger partial charge < -0.3 is 10.6 Å². The average molecular weight is 426 g/mol. The molecule has 6 heteroatoms. The SMILES string of the molecule is O=C(Cc1ccc(F)cc1)NCCNC(=O)c1cccc(I)c1. The van der Waals surface area contributed by atoms with Crippen molar-refractivity contribution in [2.75, 3.05) is 13.1 Å². The lowest BCUT2D eigenvalue weighted by Gasteiger charge is -2.07. The molecule has 0 radical (unpaired) electrons. The standard InChI is InChI=1S/C17H16FIN2O2/c18-14-6-4-12(5-7-14)10-16(22)20-8-9-21-17(23)13-2-1-3-15(19)11-13/h1-7,11H,8-10H2,(H,20,22)(H,21,23). The summed E-state index contributed by atoms with van der Waals surface area (Å²) >= 11 is 2.14. The van der Waals surface area contributed by atoms with Gasteiger partial charge in [0.1, 0.15) is 5.82 Å². The van der Waals surface area contributed by atoms with E-state index in [1.807, 2.05) is 12.1 Å². The van der Waals surface area contributed by atoms with E-state index in [-0.39, 0.29) is 24.1 Å². The Morgan fingerprint density at radius 2 is 1.70 bits per heavy atom. The normalized spacial score (nSPS) is 10.2. The Kier molecular flexibility index (Phi) is 6.52. The minimum absolute atomic E-state index is 0.167. The molecule has 0 spiro atoms. The molecule has 0 saturated heterocycles. The molecule has 2 aromatic carbocycles. The highest BCUT2D eigenvalue weighted by molar-refractivity contribution is 14.1. The Morgan fingerprint density at radius 3 is 2.39 bits per heavy atom. The number of nitrogens with one attached hydrogen (secondary N) is 2. The van der Waals surface area contributed by atoms with Crippen LogP contribution in [-0.2, 0) is 11.2 Å². The number of halogens is 2. The van der Waals surface area contributed by atoms with Crippen LogP contribution in [0.25, 0.3) is 0 Å². The second-order valence-corrected chi connectivity index (χ2v) is 6.17. The summed E-state index contributed by atoms with van der Waals surface area (Å²) in [7, 11) is 0. The molecule has 0 unspecified atom stereocenters. The van der Waals surface area contributed by atoms with Crippen LogP contribution < -0.4 is 10.6 Å². The zero-order valence-corrected chi connectivity index (χ0v) is 14.5. The van der Waals surface area contributed by atoms with Gasteiger partial charge in [-0.15, -0.1) is 0 Å². The first-order chi connectivity index (χ1) is 11.0. The van der Waals surface area contributed by atoms with E-state index in [4.69, 9.17) is 0 Å². The molecule has 2 rings (SSSR count). The summed E-state index contributed by atoms with van der Waals surface area (Å²) in [6, 6.07) is 13.1.